The Labute approximate surface area is 124 Å². The SMILES string of the molecule is O=C(CC1CCCC1)N1CCN(C(=O)c2ccoc2)CC1. The smallest absolute Gasteiger partial charge is 0.257 e. The van der Waals surface area contributed by atoms with Crippen LogP contribution in [0.3, 0.4) is 0 Å². The van der Waals surface area contributed by atoms with Crippen LogP contribution in [0, 0.1) is 5.92 Å². The summed E-state index contributed by atoms with van der Waals surface area (Å²) in [5, 5.41) is 0. The van der Waals surface area contributed by atoms with Crippen LogP contribution in [-0.4, -0.2) is 47.8 Å². The topological polar surface area (TPSA) is 53.8 Å². The van der Waals surface area contributed by atoms with E-state index in [-0.39, 0.29) is 11.8 Å². The molecule has 3 rings (SSSR count). The van der Waals surface area contributed by atoms with Crippen molar-refractivity contribution in [1.82, 2.24) is 9.80 Å². The molecule has 5 nitrogen and oxygen atoms in total. The lowest BCUT2D eigenvalue weighted by molar-refractivity contribution is -0.133. The molecule has 5 heteroatoms. The summed E-state index contributed by atoms with van der Waals surface area (Å²) >= 11 is 0. The van der Waals surface area contributed by atoms with Crippen molar-refractivity contribution in [3.05, 3.63) is 24.2 Å². The van der Waals surface area contributed by atoms with Crippen LogP contribution in [0.1, 0.15) is 42.5 Å². The fourth-order valence-corrected chi connectivity index (χ4v) is 3.32. The van der Waals surface area contributed by atoms with Gasteiger partial charge in [0, 0.05) is 32.6 Å². The van der Waals surface area contributed by atoms with E-state index in [0.717, 1.165) is 0 Å². The number of hydrogen-bond acceptors (Lipinski definition) is 3. The highest BCUT2D eigenvalue weighted by atomic mass is 16.3. The molecular weight excluding hydrogens is 268 g/mol. The van der Waals surface area contributed by atoms with Gasteiger partial charge in [-0.1, -0.05) is 12.8 Å². The largest absolute Gasteiger partial charge is 0.472 e. The number of piperazine rings is 1. The summed E-state index contributed by atoms with van der Waals surface area (Å²) in [7, 11) is 0. The number of carbonyl (C=O) groups is 2. The molecular formula is C16H22N2O3. The molecule has 0 aromatic carbocycles. The number of hydrogen-bond donors (Lipinski definition) is 0. The zero-order valence-electron chi connectivity index (χ0n) is 12.3. The summed E-state index contributed by atoms with van der Waals surface area (Å²) in [5.74, 6) is 0.840. The Morgan fingerprint density at radius 3 is 2.38 bits per heavy atom. The number of amides is 2. The molecule has 1 saturated carbocycles. The molecule has 2 amide bonds. The molecule has 1 aromatic heterocycles. The van der Waals surface area contributed by atoms with Crippen LogP contribution >= 0.6 is 0 Å². The van der Waals surface area contributed by atoms with E-state index in [4.69, 9.17) is 4.42 Å². The second-order valence-electron chi connectivity index (χ2n) is 6.04. The van der Waals surface area contributed by atoms with Crippen molar-refractivity contribution in [2.24, 2.45) is 5.92 Å². The van der Waals surface area contributed by atoms with Gasteiger partial charge in [-0.05, 0) is 24.8 Å². The minimum atomic E-state index is -0.00774. The average molecular weight is 290 g/mol. The first-order chi connectivity index (χ1) is 10.2. The average Bonchev–Trinajstić information content (AvgIpc) is 3.20. The van der Waals surface area contributed by atoms with E-state index in [1.807, 2.05) is 4.90 Å². The minimum absolute atomic E-state index is 0.00774. The van der Waals surface area contributed by atoms with E-state index >= 15 is 0 Å². The maximum absolute atomic E-state index is 12.3. The van der Waals surface area contributed by atoms with Crippen LogP contribution in [0.5, 0.6) is 0 Å². The molecule has 1 aliphatic carbocycles. The maximum atomic E-state index is 12.3. The second-order valence-corrected chi connectivity index (χ2v) is 6.04. The van der Waals surface area contributed by atoms with Crippen LogP contribution in [0.2, 0.25) is 0 Å². The van der Waals surface area contributed by atoms with Crippen LogP contribution in [0.25, 0.3) is 0 Å². The maximum Gasteiger partial charge on any atom is 0.257 e. The molecule has 2 fully saturated rings. The van der Waals surface area contributed by atoms with Gasteiger partial charge in [0.15, 0.2) is 0 Å². The number of nitrogens with zero attached hydrogens (tertiary/aromatic N) is 2. The third-order valence-electron chi connectivity index (χ3n) is 4.63. The van der Waals surface area contributed by atoms with E-state index in [1.165, 1.54) is 38.2 Å². The Bertz CT molecular complexity index is 484. The molecule has 2 heterocycles. The fraction of sp³-hybridized carbons (Fsp3) is 0.625. The summed E-state index contributed by atoms with van der Waals surface area (Å²) in [6.07, 6.45) is 8.61. The lowest BCUT2D eigenvalue weighted by atomic mass is 10.0. The highest BCUT2D eigenvalue weighted by Crippen LogP contribution is 2.28. The number of carbonyl (C=O) groups excluding carboxylic acids is 2. The van der Waals surface area contributed by atoms with Gasteiger partial charge in [-0.2, -0.15) is 0 Å². The fourth-order valence-electron chi connectivity index (χ4n) is 3.32. The Kier molecular flexibility index (Phi) is 4.27. The molecule has 2 aliphatic rings. The van der Waals surface area contributed by atoms with Crippen molar-refractivity contribution < 1.29 is 14.0 Å². The van der Waals surface area contributed by atoms with Crippen LogP contribution in [0.15, 0.2) is 23.0 Å². The molecule has 0 unspecified atom stereocenters. The number of furan rings is 1. The third kappa shape index (κ3) is 3.28. The van der Waals surface area contributed by atoms with E-state index < -0.39 is 0 Å². The second kappa shape index (κ2) is 6.33. The zero-order chi connectivity index (χ0) is 14.7. The standard InChI is InChI=1S/C16H22N2O3/c19-15(11-13-3-1-2-4-13)17-6-8-18(9-7-17)16(20)14-5-10-21-12-14/h5,10,12-13H,1-4,6-9,11H2. The summed E-state index contributed by atoms with van der Waals surface area (Å²) in [5.41, 5.74) is 0.584. The van der Waals surface area contributed by atoms with E-state index in [9.17, 15) is 9.59 Å². The summed E-state index contributed by atoms with van der Waals surface area (Å²) in [6, 6.07) is 1.68. The summed E-state index contributed by atoms with van der Waals surface area (Å²) < 4.78 is 4.95. The first kappa shape index (κ1) is 14.2. The first-order valence-corrected chi connectivity index (χ1v) is 7.83. The van der Waals surface area contributed by atoms with Crippen molar-refractivity contribution in [3.8, 4) is 0 Å². The molecule has 1 aromatic rings. The van der Waals surface area contributed by atoms with Crippen molar-refractivity contribution in [2.45, 2.75) is 32.1 Å². The van der Waals surface area contributed by atoms with Gasteiger partial charge in [-0.15, -0.1) is 0 Å². The lowest BCUT2D eigenvalue weighted by Crippen LogP contribution is -2.50. The van der Waals surface area contributed by atoms with Gasteiger partial charge in [-0.3, -0.25) is 9.59 Å². The molecule has 1 saturated heterocycles. The Morgan fingerprint density at radius 1 is 1.10 bits per heavy atom. The zero-order valence-corrected chi connectivity index (χ0v) is 12.3. The highest BCUT2D eigenvalue weighted by Gasteiger charge is 2.27. The van der Waals surface area contributed by atoms with Gasteiger partial charge in [0.05, 0.1) is 11.8 Å². The third-order valence-corrected chi connectivity index (χ3v) is 4.63. The molecule has 0 bridgehead atoms. The van der Waals surface area contributed by atoms with Gasteiger partial charge in [0.1, 0.15) is 6.26 Å². The van der Waals surface area contributed by atoms with Crippen molar-refractivity contribution in [1.29, 1.82) is 0 Å². The molecule has 0 atom stereocenters. The highest BCUT2D eigenvalue weighted by molar-refractivity contribution is 5.94. The predicted octanol–water partition coefficient (Wildman–Crippen LogP) is 2.14. The molecule has 0 spiro atoms. The molecule has 0 radical (unpaired) electrons. The van der Waals surface area contributed by atoms with E-state index in [0.29, 0.717) is 44.1 Å². The monoisotopic (exact) mass is 290 g/mol. The van der Waals surface area contributed by atoms with Crippen molar-refractivity contribution in [3.63, 3.8) is 0 Å². The molecule has 21 heavy (non-hydrogen) atoms. The van der Waals surface area contributed by atoms with Crippen LogP contribution in [-0.2, 0) is 4.79 Å². The van der Waals surface area contributed by atoms with Gasteiger partial charge >= 0.3 is 0 Å². The first-order valence-electron chi connectivity index (χ1n) is 7.83. The Morgan fingerprint density at radius 2 is 1.76 bits per heavy atom. The van der Waals surface area contributed by atoms with E-state index in [2.05, 4.69) is 0 Å². The van der Waals surface area contributed by atoms with Crippen LogP contribution < -0.4 is 0 Å². The van der Waals surface area contributed by atoms with Gasteiger partial charge in [0.2, 0.25) is 5.91 Å². The Hall–Kier alpha value is -1.78. The van der Waals surface area contributed by atoms with Crippen LogP contribution in [0.4, 0.5) is 0 Å². The summed E-state index contributed by atoms with van der Waals surface area (Å²) in [6.45, 7) is 2.52. The van der Waals surface area contributed by atoms with Gasteiger partial charge < -0.3 is 14.2 Å². The normalized spacial score (nSPS) is 20.0. The predicted molar refractivity (Wildman–Crippen MR) is 77.8 cm³/mol. The van der Waals surface area contributed by atoms with Gasteiger partial charge in [-0.25, -0.2) is 0 Å². The minimum Gasteiger partial charge on any atom is -0.472 e. The molecule has 0 N–H and O–H groups in total. The quantitative estimate of drug-likeness (QED) is 0.857. The van der Waals surface area contributed by atoms with E-state index in [1.54, 1.807) is 11.0 Å². The molecule has 1 aliphatic heterocycles. The van der Waals surface area contributed by atoms with Crippen molar-refractivity contribution >= 4 is 11.8 Å². The number of rotatable bonds is 3. The Balaban J connectivity index is 1.48. The van der Waals surface area contributed by atoms with Crippen molar-refractivity contribution in [2.75, 3.05) is 26.2 Å². The summed E-state index contributed by atoms with van der Waals surface area (Å²) in [4.78, 5) is 28.2. The molecule has 114 valence electrons. The van der Waals surface area contributed by atoms with Gasteiger partial charge in [0.25, 0.3) is 5.91 Å². The lowest BCUT2D eigenvalue weighted by Gasteiger charge is -2.35.